The first-order valence-electron chi connectivity index (χ1n) is 10.5. The Morgan fingerprint density at radius 3 is 2.63 bits per heavy atom. The number of urea groups is 1. The molecule has 1 saturated heterocycles. The highest BCUT2D eigenvalue weighted by Gasteiger charge is 2.30. The SMILES string of the molecule is Cc1ccc(OCCN(C)C(=O)C2CCCN(C(=O)Nc3cccc(C)c3)C2)cc1. The van der Waals surface area contributed by atoms with Crippen molar-refractivity contribution in [2.24, 2.45) is 5.92 Å². The molecule has 2 aromatic carbocycles. The van der Waals surface area contributed by atoms with Crippen LogP contribution in [0.1, 0.15) is 24.0 Å². The molecule has 160 valence electrons. The van der Waals surface area contributed by atoms with Crippen LogP contribution < -0.4 is 10.1 Å². The summed E-state index contributed by atoms with van der Waals surface area (Å²) in [6, 6.07) is 15.4. The molecule has 0 saturated carbocycles. The molecule has 6 heteroatoms. The van der Waals surface area contributed by atoms with E-state index in [1.54, 1.807) is 16.8 Å². The van der Waals surface area contributed by atoms with E-state index >= 15 is 0 Å². The minimum atomic E-state index is -0.175. The van der Waals surface area contributed by atoms with Gasteiger partial charge in [-0.05, 0) is 56.5 Å². The Hall–Kier alpha value is -3.02. The van der Waals surface area contributed by atoms with Gasteiger partial charge in [0.15, 0.2) is 0 Å². The third kappa shape index (κ3) is 5.99. The summed E-state index contributed by atoms with van der Waals surface area (Å²) in [6.07, 6.45) is 1.63. The zero-order valence-corrected chi connectivity index (χ0v) is 18.1. The first-order valence-corrected chi connectivity index (χ1v) is 10.5. The van der Waals surface area contributed by atoms with E-state index in [-0.39, 0.29) is 17.9 Å². The highest BCUT2D eigenvalue weighted by molar-refractivity contribution is 5.90. The van der Waals surface area contributed by atoms with Crippen LogP contribution in [0.5, 0.6) is 5.75 Å². The number of nitrogens with zero attached hydrogens (tertiary/aromatic N) is 2. The summed E-state index contributed by atoms with van der Waals surface area (Å²) >= 11 is 0. The van der Waals surface area contributed by atoms with E-state index in [1.807, 2.05) is 62.4 Å². The second kappa shape index (κ2) is 10.1. The molecule has 1 aliphatic heterocycles. The van der Waals surface area contributed by atoms with Crippen LogP contribution in [0.15, 0.2) is 48.5 Å². The van der Waals surface area contributed by atoms with E-state index < -0.39 is 0 Å². The van der Waals surface area contributed by atoms with Gasteiger partial charge in [-0.1, -0.05) is 29.8 Å². The van der Waals surface area contributed by atoms with Crippen molar-refractivity contribution in [3.8, 4) is 5.75 Å². The van der Waals surface area contributed by atoms with Gasteiger partial charge in [-0.15, -0.1) is 0 Å². The molecule has 0 aromatic heterocycles. The number of likely N-dealkylation sites (N-methyl/N-ethyl adjacent to an activating group) is 1. The third-order valence-corrected chi connectivity index (χ3v) is 5.42. The number of benzene rings is 2. The molecule has 3 amide bonds. The van der Waals surface area contributed by atoms with Gasteiger partial charge in [0.25, 0.3) is 0 Å². The molecular weight excluding hydrogens is 378 g/mol. The number of anilines is 1. The maximum Gasteiger partial charge on any atom is 0.321 e. The van der Waals surface area contributed by atoms with Crippen LogP contribution in [0, 0.1) is 19.8 Å². The molecule has 1 unspecified atom stereocenters. The summed E-state index contributed by atoms with van der Waals surface area (Å²) in [5, 5.41) is 2.94. The zero-order chi connectivity index (χ0) is 21.5. The Morgan fingerprint density at radius 1 is 1.13 bits per heavy atom. The lowest BCUT2D eigenvalue weighted by molar-refractivity contribution is -0.135. The molecule has 0 bridgehead atoms. The second-order valence-electron chi connectivity index (χ2n) is 8.01. The zero-order valence-electron chi connectivity index (χ0n) is 18.1. The van der Waals surface area contributed by atoms with Gasteiger partial charge in [-0.3, -0.25) is 4.79 Å². The monoisotopic (exact) mass is 409 g/mol. The van der Waals surface area contributed by atoms with E-state index in [0.29, 0.717) is 26.2 Å². The highest BCUT2D eigenvalue weighted by atomic mass is 16.5. The summed E-state index contributed by atoms with van der Waals surface area (Å²) in [5.41, 5.74) is 3.05. The Bertz CT molecular complexity index is 866. The predicted octanol–water partition coefficient (Wildman–Crippen LogP) is 4.08. The van der Waals surface area contributed by atoms with E-state index in [9.17, 15) is 9.59 Å². The molecule has 1 atom stereocenters. The number of likely N-dealkylation sites (tertiary alicyclic amines) is 1. The topological polar surface area (TPSA) is 61.9 Å². The van der Waals surface area contributed by atoms with E-state index in [4.69, 9.17) is 4.74 Å². The maximum atomic E-state index is 12.9. The van der Waals surface area contributed by atoms with Crippen LogP contribution in [0.25, 0.3) is 0 Å². The average molecular weight is 410 g/mol. The van der Waals surface area contributed by atoms with Crippen molar-refractivity contribution >= 4 is 17.6 Å². The van der Waals surface area contributed by atoms with Gasteiger partial charge in [0.05, 0.1) is 12.5 Å². The highest BCUT2D eigenvalue weighted by Crippen LogP contribution is 2.20. The molecule has 3 rings (SSSR count). The first-order chi connectivity index (χ1) is 14.4. The van der Waals surface area contributed by atoms with Gasteiger partial charge < -0.3 is 19.9 Å². The fourth-order valence-corrected chi connectivity index (χ4v) is 3.65. The van der Waals surface area contributed by atoms with Crippen molar-refractivity contribution < 1.29 is 14.3 Å². The van der Waals surface area contributed by atoms with Gasteiger partial charge >= 0.3 is 6.03 Å². The number of hydrogen-bond acceptors (Lipinski definition) is 3. The van der Waals surface area contributed by atoms with Crippen LogP contribution in [0.3, 0.4) is 0 Å². The van der Waals surface area contributed by atoms with Crippen LogP contribution in [-0.2, 0) is 4.79 Å². The quantitative estimate of drug-likeness (QED) is 0.782. The fourth-order valence-electron chi connectivity index (χ4n) is 3.65. The number of carbonyl (C=O) groups excluding carboxylic acids is 2. The van der Waals surface area contributed by atoms with E-state index in [0.717, 1.165) is 29.8 Å². The molecular formula is C24H31N3O3. The fraction of sp³-hybridized carbons (Fsp3) is 0.417. The van der Waals surface area contributed by atoms with Gasteiger partial charge in [-0.25, -0.2) is 4.79 Å². The molecule has 1 aliphatic rings. The number of amides is 3. The first kappa shape index (κ1) is 21.7. The van der Waals surface area contributed by atoms with Crippen LogP contribution >= 0.6 is 0 Å². The third-order valence-electron chi connectivity index (χ3n) is 5.42. The summed E-state index contributed by atoms with van der Waals surface area (Å²) in [7, 11) is 1.80. The summed E-state index contributed by atoms with van der Waals surface area (Å²) in [5.74, 6) is 0.694. The number of ether oxygens (including phenoxy) is 1. The minimum Gasteiger partial charge on any atom is -0.492 e. The normalized spacial score (nSPS) is 16.1. The van der Waals surface area contributed by atoms with Crippen molar-refractivity contribution in [2.75, 3.05) is 38.6 Å². The largest absolute Gasteiger partial charge is 0.492 e. The standard InChI is InChI=1S/C24H31N3O3/c1-18-9-11-22(12-10-18)30-15-14-26(3)23(28)20-7-5-13-27(17-20)24(29)25-21-8-4-6-19(2)16-21/h4,6,8-12,16,20H,5,7,13-15,17H2,1-3H3,(H,25,29). The molecule has 30 heavy (non-hydrogen) atoms. The van der Waals surface area contributed by atoms with Gasteiger partial charge in [0.2, 0.25) is 5.91 Å². The molecule has 0 radical (unpaired) electrons. The molecule has 6 nitrogen and oxygen atoms in total. The molecule has 2 aromatic rings. The number of carbonyl (C=O) groups is 2. The summed E-state index contributed by atoms with van der Waals surface area (Å²) in [6.45, 7) is 6.09. The number of piperidine rings is 1. The van der Waals surface area contributed by atoms with Crippen LogP contribution in [0.4, 0.5) is 10.5 Å². The minimum absolute atomic E-state index is 0.0653. The lowest BCUT2D eigenvalue weighted by Crippen LogP contribution is -2.47. The van der Waals surface area contributed by atoms with Crippen molar-refractivity contribution in [3.05, 3.63) is 59.7 Å². The van der Waals surface area contributed by atoms with Gasteiger partial charge in [-0.2, -0.15) is 0 Å². The predicted molar refractivity (Wildman–Crippen MR) is 119 cm³/mol. The Labute approximate surface area is 178 Å². The Balaban J connectivity index is 1.47. The van der Waals surface area contributed by atoms with Crippen LogP contribution in [0.2, 0.25) is 0 Å². The lowest BCUT2D eigenvalue weighted by Gasteiger charge is -2.34. The van der Waals surface area contributed by atoms with Crippen molar-refractivity contribution in [3.63, 3.8) is 0 Å². The molecule has 1 N–H and O–H groups in total. The molecule has 0 aliphatic carbocycles. The van der Waals surface area contributed by atoms with Gasteiger partial charge in [0, 0.05) is 25.8 Å². The molecule has 0 spiro atoms. The average Bonchev–Trinajstić information content (AvgIpc) is 2.74. The Kier molecular flexibility index (Phi) is 7.33. The second-order valence-corrected chi connectivity index (χ2v) is 8.01. The van der Waals surface area contributed by atoms with Crippen molar-refractivity contribution in [2.45, 2.75) is 26.7 Å². The number of rotatable bonds is 6. The Morgan fingerprint density at radius 2 is 1.90 bits per heavy atom. The van der Waals surface area contributed by atoms with E-state index in [1.165, 1.54) is 5.56 Å². The summed E-state index contributed by atoms with van der Waals surface area (Å²) < 4.78 is 5.74. The maximum absolute atomic E-state index is 12.9. The number of nitrogens with one attached hydrogen (secondary N) is 1. The van der Waals surface area contributed by atoms with Crippen molar-refractivity contribution in [1.82, 2.24) is 9.80 Å². The number of hydrogen-bond donors (Lipinski definition) is 1. The molecule has 1 heterocycles. The summed E-state index contributed by atoms with van der Waals surface area (Å²) in [4.78, 5) is 29.0. The van der Waals surface area contributed by atoms with Crippen molar-refractivity contribution in [1.29, 1.82) is 0 Å². The smallest absolute Gasteiger partial charge is 0.321 e. The lowest BCUT2D eigenvalue weighted by atomic mass is 9.97. The molecule has 1 fully saturated rings. The number of aryl methyl sites for hydroxylation is 2. The van der Waals surface area contributed by atoms with Crippen LogP contribution in [-0.4, -0.2) is 55.0 Å². The van der Waals surface area contributed by atoms with Gasteiger partial charge in [0.1, 0.15) is 12.4 Å². The van der Waals surface area contributed by atoms with E-state index in [2.05, 4.69) is 5.32 Å².